The fraction of sp³-hybridized carbons (Fsp3) is 0.368. The van der Waals surface area contributed by atoms with E-state index in [0.29, 0.717) is 11.7 Å². The molecule has 2 aromatic rings. The molecule has 1 fully saturated rings. The molecule has 1 aliphatic rings. The van der Waals surface area contributed by atoms with Gasteiger partial charge in [0.05, 0.1) is 6.04 Å². The molecule has 0 bridgehead atoms. The molecule has 1 unspecified atom stereocenters. The summed E-state index contributed by atoms with van der Waals surface area (Å²) in [5.41, 5.74) is 0.841. The maximum atomic E-state index is 12.2. The minimum Gasteiger partial charge on any atom is -0.465 e. The van der Waals surface area contributed by atoms with Crippen LogP contribution in [-0.2, 0) is 4.79 Å². The molecule has 1 aliphatic heterocycles. The van der Waals surface area contributed by atoms with Gasteiger partial charge in [0.2, 0.25) is 5.91 Å². The molecule has 5 nitrogen and oxygen atoms in total. The maximum absolute atomic E-state index is 12.2. The Labute approximate surface area is 152 Å². The van der Waals surface area contributed by atoms with Crippen molar-refractivity contribution in [1.29, 1.82) is 0 Å². The molecule has 1 saturated heterocycles. The number of likely N-dealkylation sites (tertiary alicyclic amines) is 1. The average Bonchev–Trinajstić information content (AvgIpc) is 3.26. The van der Waals surface area contributed by atoms with Crippen LogP contribution in [0.1, 0.15) is 36.0 Å². The number of carbonyl (C=O) groups excluding carboxylic acids is 1. The zero-order chi connectivity index (χ0) is 17.6. The topological polar surface area (TPSA) is 58.4 Å². The van der Waals surface area contributed by atoms with Gasteiger partial charge >= 0.3 is 0 Å². The summed E-state index contributed by atoms with van der Waals surface area (Å²) in [4.78, 5) is 18.4. The van der Waals surface area contributed by atoms with Crippen molar-refractivity contribution in [2.75, 3.05) is 19.6 Å². The highest BCUT2D eigenvalue weighted by atomic mass is 35.5. The standard InChI is InChI=1S/C19H22ClN3O2/c1-14-4-6-17(25-14)16(23-10-2-3-11-23)13-22-19(24)7-5-15-8-9-21-18(20)12-15/h4-9,12,16H,2-3,10-11,13H2,1H3,(H,22,24). The molecular weight excluding hydrogens is 338 g/mol. The van der Waals surface area contributed by atoms with E-state index >= 15 is 0 Å². The first-order chi connectivity index (χ1) is 12.1. The van der Waals surface area contributed by atoms with Crippen LogP contribution in [0.2, 0.25) is 5.15 Å². The van der Waals surface area contributed by atoms with Gasteiger partial charge in [0.1, 0.15) is 16.7 Å². The third-order valence-corrected chi connectivity index (χ3v) is 4.53. The summed E-state index contributed by atoms with van der Waals surface area (Å²) in [5, 5.41) is 3.38. The second-order valence-electron chi connectivity index (χ2n) is 6.20. The van der Waals surface area contributed by atoms with Gasteiger partial charge in [0, 0.05) is 18.8 Å². The highest BCUT2D eigenvalue weighted by Gasteiger charge is 2.26. The van der Waals surface area contributed by atoms with Crippen molar-refractivity contribution in [2.24, 2.45) is 0 Å². The van der Waals surface area contributed by atoms with E-state index in [1.54, 1.807) is 24.4 Å². The van der Waals surface area contributed by atoms with Gasteiger partial charge in [0.15, 0.2) is 0 Å². The van der Waals surface area contributed by atoms with E-state index in [4.69, 9.17) is 16.0 Å². The van der Waals surface area contributed by atoms with Crippen LogP contribution in [0.25, 0.3) is 6.08 Å². The Morgan fingerprint density at radius 3 is 2.88 bits per heavy atom. The van der Waals surface area contributed by atoms with Crippen LogP contribution in [0.3, 0.4) is 0 Å². The van der Waals surface area contributed by atoms with Gasteiger partial charge in [-0.05, 0) is 68.8 Å². The lowest BCUT2D eigenvalue weighted by Crippen LogP contribution is -2.36. The number of aromatic nitrogens is 1. The average molecular weight is 360 g/mol. The molecule has 3 rings (SSSR count). The van der Waals surface area contributed by atoms with Crippen molar-refractivity contribution in [2.45, 2.75) is 25.8 Å². The Hall–Kier alpha value is -2.11. The van der Waals surface area contributed by atoms with Crippen LogP contribution >= 0.6 is 11.6 Å². The molecule has 0 aliphatic carbocycles. The first-order valence-electron chi connectivity index (χ1n) is 8.50. The molecule has 0 radical (unpaired) electrons. The number of pyridine rings is 1. The summed E-state index contributed by atoms with van der Waals surface area (Å²) in [6.45, 7) is 4.52. The Morgan fingerprint density at radius 1 is 1.40 bits per heavy atom. The normalized spacial score (nSPS) is 16.4. The zero-order valence-corrected chi connectivity index (χ0v) is 15.0. The smallest absolute Gasteiger partial charge is 0.244 e. The van der Waals surface area contributed by atoms with Crippen molar-refractivity contribution in [1.82, 2.24) is 15.2 Å². The van der Waals surface area contributed by atoms with Gasteiger partial charge in [-0.2, -0.15) is 0 Å². The lowest BCUT2D eigenvalue weighted by atomic mass is 10.2. The summed E-state index contributed by atoms with van der Waals surface area (Å²) < 4.78 is 5.80. The van der Waals surface area contributed by atoms with Gasteiger partial charge in [-0.25, -0.2) is 4.98 Å². The van der Waals surface area contributed by atoms with Gasteiger partial charge in [-0.3, -0.25) is 9.69 Å². The second kappa shape index (κ2) is 8.32. The number of carbonyl (C=O) groups is 1. The zero-order valence-electron chi connectivity index (χ0n) is 14.2. The Bertz CT molecular complexity index is 751. The third kappa shape index (κ3) is 4.94. The van der Waals surface area contributed by atoms with Crippen LogP contribution in [0.15, 0.2) is 41.0 Å². The van der Waals surface area contributed by atoms with E-state index in [2.05, 4.69) is 15.2 Å². The lowest BCUT2D eigenvalue weighted by molar-refractivity contribution is -0.116. The van der Waals surface area contributed by atoms with Gasteiger partial charge in [-0.1, -0.05) is 11.6 Å². The van der Waals surface area contributed by atoms with Crippen LogP contribution in [0.4, 0.5) is 0 Å². The molecular formula is C19H22ClN3O2. The number of nitrogens with one attached hydrogen (secondary N) is 1. The molecule has 0 spiro atoms. The van der Waals surface area contributed by atoms with Crippen molar-refractivity contribution in [3.05, 3.63) is 58.8 Å². The molecule has 25 heavy (non-hydrogen) atoms. The number of amides is 1. The minimum absolute atomic E-state index is 0.0731. The Balaban J connectivity index is 1.61. The Morgan fingerprint density at radius 2 is 2.20 bits per heavy atom. The number of hydrogen-bond acceptors (Lipinski definition) is 4. The number of nitrogens with zero attached hydrogens (tertiary/aromatic N) is 2. The molecule has 1 amide bonds. The predicted molar refractivity (Wildman–Crippen MR) is 98.3 cm³/mol. The van der Waals surface area contributed by atoms with Gasteiger partial charge in [0.25, 0.3) is 0 Å². The fourth-order valence-corrected chi connectivity index (χ4v) is 3.23. The van der Waals surface area contributed by atoms with E-state index in [1.165, 1.54) is 18.9 Å². The monoisotopic (exact) mass is 359 g/mol. The second-order valence-corrected chi connectivity index (χ2v) is 6.58. The minimum atomic E-state index is -0.139. The van der Waals surface area contributed by atoms with Crippen LogP contribution in [0.5, 0.6) is 0 Å². The van der Waals surface area contributed by atoms with Crippen molar-refractivity contribution in [3.8, 4) is 0 Å². The summed E-state index contributed by atoms with van der Waals surface area (Å²) in [6, 6.07) is 7.55. The number of rotatable bonds is 6. The number of hydrogen-bond donors (Lipinski definition) is 1. The molecule has 6 heteroatoms. The third-order valence-electron chi connectivity index (χ3n) is 4.32. The van der Waals surface area contributed by atoms with Crippen molar-refractivity contribution >= 4 is 23.6 Å². The molecule has 132 valence electrons. The van der Waals surface area contributed by atoms with Gasteiger partial charge in [-0.15, -0.1) is 0 Å². The van der Waals surface area contributed by atoms with E-state index in [0.717, 1.165) is 30.2 Å². The van der Waals surface area contributed by atoms with Crippen LogP contribution < -0.4 is 5.32 Å². The van der Waals surface area contributed by atoms with E-state index in [9.17, 15) is 4.79 Å². The fourth-order valence-electron chi connectivity index (χ4n) is 3.04. The molecule has 1 N–H and O–H groups in total. The Kier molecular flexibility index (Phi) is 5.89. The number of halogens is 1. The molecule has 1 atom stereocenters. The van der Waals surface area contributed by atoms with E-state index in [-0.39, 0.29) is 11.9 Å². The lowest BCUT2D eigenvalue weighted by Gasteiger charge is -2.25. The predicted octanol–water partition coefficient (Wildman–Crippen LogP) is 3.60. The SMILES string of the molecule is Cc1ccc(C(CNC(=O)C=Cc2ccnc(Cl)c2)N2CCCC2)o1. The first-order valence-corrected chi connectivity index (χ1v) is 8.87. The number of aryl methyl sites for hydroxylation is 1. The van der Waals surface area contributed by atoms with E-state index in [1.807, 2.05) is 19.1 Å². The molecule has 3 heterocycles. The molecule has 0 aromatic carbocycles. The molecule has 0 saturated carbocycles. The summed E-state index contributed by atoms with van der Waals surface area (Å²) in [5.74, 6) is 1.66. The summed E-state index contributed by atoms with van der Waals surface area (Å²) >= 11 is 5.84. The number of furan rings is 1. The summed E-state index contributed by atoms with van der Waals surface area (Å²) in [7, 11) is 0. The van der Waals surface area contributed by atoms with Crippen LogP contribution in [-0.4, -0.2) is 35.4 Å². The summed E-state index contributed by atoms with van der Waals surface area (Å²) in [6.07, 6.45) is 7.23. The highest BCUT2D eigenvalue weighted by molar-refractivity contribution is 6.29. The molecule has 2 aromatic heterocycles. The first kappa shape index (κ1) is 17.7. The maximum Gasteiger partial charge on any atom is 0.244 e. The van der Waals surface area contributed by atoms with Crippen LogP contribution in [0, 0.1) is 6.92 Å². The van der Waals surface area contributed by atoms with Crippen molar-refractivity contribution in [3.63, 3.8) is 0 Å². The largest absolute Gasteiger partial charge is 0.465 e. The van der Waals surface area contributed by atoms with E-state index < -0.39 is 0 Å². The van der Waals surface area contributed by atoms with Gasteiger partial charge < -0.3 is 9.73 Å². The van der Waals surface area contributed by atoms with Crippen molar-refractivity contribution < 1.29 is 9.21 Å². The quantitative estimate of drug-likeness (QED) is 0.632. The highest BCUT2D eigenvalue weighted by Crippen LogP contribution is 2.26.